The van der Waals surface area contributed by atoms with Crippen LogP contribution in [0.3, 0.4) is 0 Å². The summed E-state index contributed by atoms with van der Waals surface area (Å²) in [5, 5.41) is 39.3. The molecule has 3 aromatic heterocycles. The first kappa shape index (κ1) is 28.2. The van der Waals surface area contributed by atoms with Gasteiger partial charge in [0.2, 0.25) is 5.95 Å². The van der Waals surface area contributed by atoms with E-state index < -0.39 is 29.8 Å². The van der Waals surface area contributed by atoms with E-state index in [1.54, 1.807) is 45.5 Å². The van der Waals surface area contributed by atoms with Crippen molar-refractivity contribution in [1.82, 2.24) is 19.9 Å². The number of nitrogens with zero attached hydrogens (tertiary/aromatic N) is 4. The maximum absolute atomic E-state index is 13.4. The molecule has 1 aliphatic carbocycles. The lowest BCUT2D eigenvalue weighted by Gasteiger charge is -2.28. The number of aromatic nitrogens is 4. The third kappa shape index (κ3) is 5.77. The summed E-state index contributed by atoms with van der Waals surface area (Å²) in [5.41, 5.74) is 1.68. The van der Waals surface area contributed by atoms with Gasteiger partial charge >= 0.3 is 0 Å². The van der Waals surface area contributed by atoms with Crippen molar-refractivity contribution in [2.45, 2.75) is 57.1 Å². The number of nitrogens with one attached hydrogen (secondary N) is 2. The second-order valence-electron chi connectivity index (χ2n) is 10.6. The second-order valence-corrected chi connectivity index (χ2v) is 11.6. The Balaban J connectivity index is 1.48. The normalized spacial score (nSPS) is 22.0. The van der Waals surface area contributed by atoms with E-state index in [0.717, 1.165) is 15.8 Å². The van der Waals surface area contributed by atoms with E-state index in [4.69, 9.17) is 14.7 Å². The zero-order valence-corrected chi connectivity index (χ0v) is 23.5. The number of aryl methyl sites for hydroxylation is 1. The van der Waals surface area contributed by atoms with Crippen molar-refractivity contribution in [2.24, 2.45) is 5.92 Å². The van der Waals surface area contributed by atoms with E-state index in [2.05, 4.69) is 20.6 Å². The fourth-order valence-corrected chi connectivity index (χ4v) is 6.18. The summed E-state index contributed by atoms with van der Waals surface area (Å²) < 4.78 is 20.0. The van der Waals surface area contributed by atoms with Crippen molar-refractivity contribution in [3.63, 3.8) is 0 Å². The largest absolute Gasteiger partial charge is 0.390 e. The molecule has 3 heterocycles. The van der Waals surface area contributed by atoms with Gasteiger partial charge in [-0.05, 0) is 51.0 Å². The standard InChI is InChI=1S/C28H33FN6O4S/c1-14-22(26-34-19-12-30-10-9-21(19)40-26)25(33-18-11-17(28(2,3)38)23(36)24(18)37)35-27(32-14)31-13-20(39-4)15-5-7-16(29)8-6-15/h5-10,12,17-18,20,23-24,36-38H,11,13H2,1-4H3,(H2,31,32,33,35)/t17-,18+,20-,23+,24-/m0/s1. The lowest BCUT2D eigenvalue weighted by atomic mass is 9.88. The first-order valence-corrected chi connectivity index (χ1v) is 13.8. The maximum Gasteiger partial charge on any atom is 0.225 e. The predicted octanol–water partition coefficient (Wildman–Crippen LogP) is 3.69. The summed E-state index contributed by atoms with van der Waals surface area (Å²) in [6.45, 7) is 5.42. The van der Waals surface area contributed by atoms with Gasteiger partial charge in [-0.15, -0.1) is 11.3 Å². The Morgan fingerprint density at radius 3 is 2.52 bits per heavy atom. The number of rotatable bonds is 9. The van der Waals surface area contributed by atoms with E-state index >= 15 is 0 Å². The molecule has 10 nitrogen and oxygen atoms in total. The first-order valence-electron chi connectivity index (χ1n) is 13.0. The SMILES string of the molecule is CO[C@@H](CNc1nc(C)c(-c2nc3cnccc3s2)c(N[C@@H]2C[C@H](C(C)(C)O)[C@@H](O)[C@H]2O)n1)c1ccc(F)cc1. The van der Waals surface area contributed by atoms with Crippen LogP contribution in [0.2, 0.25) is 0 Å². The minimum Gasteiger partial charge on any atom is -0.390 e. The Morgan fingerprint density at radius 1 is 1.12 bits per heavy atom. The Kier molecular flexibility index (Phi) is 7.98. The summed E-state index contributed by atoms with van der Waals surface area (Å²) in [7, 11) is 1.58. The lowest BCUT2D eigenvalue weighted by molar-refractivity contribution is -0.0601. The quantitative estimate of drug-likeness (QED) is 0.203. The molecule has 0 saturated heterocycles. The van der Waals surface area contributed by atoms with Crippen LogP contribution in [0.4, 0.5) is 16.2 Å². The highest BCUT2D eigenvalue weighted by atomic mass is 32.1. The van der Waals surface area contributed by atoms with Gasteiger partial charge in [-0.2, -0.15) is 4.98 Å². The molecule has 0 aliphatic heterocycles. The Morgan fingerprint density at radius 2 is 1.88 bits per heavy atom. The van der Waals surface area contributed by atoms with E-state index in [-0.39, 0.29) is 11.9 Å². The number of halogens is 1. The minimum atomic E-state index is -1.18. The third-order valence-electron chi connectivity index (χ3n) is 7.38. The average Bonchev–Trinajstić information content (AvgIpc) is 3.46. The van der Waals surface area contributed by atoms with E-state index in [1.165, 1.54) is 23.5 Å². The molecule has 5 atom stereocenters. The van der Waals surface area contributed by atoms with Gasteiger partial charge in [0.05, 0.1) is 46.0 Å². The van der Waals surface area contributed by atoms with E-state index in [9.17, 15) is 19.7 Å². The number of hydrogen-bond acceptors (Lipinski definition) is 11. The van der Waals surface area contributed by atoms with Gasteiger partial charge in [0.15, 0.2) is 0 Å². The number of thiazole rings is 1. The average molecular weight is 569 g/mol. The molecular weight excluding hydrogens is 535 g/mol. The highest BCUT2D eigenvalue weighted by Crippen LogP contribution is 2.40. The van der Waals surface area contributed by atoms with Crippen molar-refractivity contribution in [2.75, 3.05) is 24.3 Å². The number of ether oxygens (including phenoxy) is 1. The molecule has 1 aliphatic rings. The van der Waals surface area contributed by atoms with Gasteiger partial charge in [-0.3, -0.25) is 4.98 Å². The predicted molar refractivity (Wildman–Crippen MR) is 152 cm³/mol. The molecule has 1 aromatic carbocycles. The van der Waals surface area contributed by atoms with Gasteiger partial charge in [0, 0.05) is 25.8 Å². The van der Waals surface area contributed by atoms with Crippen LogP contribution < -0.4 is 10.6 Å². The number of pyridine rings is 1. The Labute approximate surface area is 235 Å². The Hall–Kier alpha value is -3.29. The zero-order chi connectivity index (χ0) is 28.6. The van der Waals surface area contributed by atoms with Crippen LogP contribution in [0.1, 0.15) is 37.6 Å². The molecule has 0 amide bonds. The monoisotopic (exact) mass is 568 g/mol. The van der Waals surface area contributed by atoms with Crippen molar-refractivity contribution in [1.29, 1.82) is 0 Å². The van der Waals surface area contributed by atoms with Crippen LogP contribution in [0.15, 0.2) is 42.7 Å². The van der Waals surface area contributed by atoms with Crippen LogP contribution in [0.5, 0.6) is 0 Å². The molecular formula is C28H33FN6O4S. The molecule has 5 rings (SSSR count). The van der Waals surface area contributed by atoms with Crippen molar-refractivity contribution < 1.29 is 24.4 Å². The van der Waals surface area contributed by atoms with Crippen molar-refractivity contribution in [3.8, 4) is 10.6 Å². The number of aliphatic hydroxyl groups is 3. The molecule has 212 valence electrons. The number of benzene rings is 1. The fraction of sp³-hybridized carbons (Fsp3) is 0.429. The number of aliphatic hydroxyl groups excluding tert-OH is 2. The van der Waals surface area contributed by atoms with Crippen LogP contribution in [-0.2, 0) is 4.74 Å². The summed E-state index contributed by atoms with van der Waals surface area (Å²) >= 11 is 1.47. The fourth-order valence-electron chi connectivity index (χ4n) is 5.15. The zero-order valence-electron chi connectivity index (χ0n) is 22.7. The highest BCUT2D eigenvalue weighted by Gasteiger charge is 2.48. The molecule has 0 radical (unpaired) electrons. The van der Waals surface area contributed by atoms with Crippen LogP contribution in [0.25, 0.3) is 20.8 Å². The topological polar surface area (TPSA) is 146 Å². The van der Waals surface area contributed by atoms with Crippen molar-refractivity contribution in [3.05, 3.63) is 59.8 Å². The summed E-state index contributed by atoms with van der Waals surface area (Å²) in [5.74, 6) is -0.0997. The van der Waals surface area contributed by atoms with Gasteiger partial charge in [-0.25, -0.2) is 14.4 Å². The third-order valence-corrected chi connectivity index (χ3v) is 8.43. The summed E-state index contributed by atoms with van der Waals surface area (Å²) in [6, 6.07) is 7.42. The lowest BCUT2D eigenvalue weighted by Crippen LogP contribution is -2.40. The Bertz CT molecular complexity index is 1450. The molecule has 0 bridgehead atoms. The number of hydrogen-bond donors (Lipinski definition) is 5. The van der Waals surface area contributed by atoms with Gasteiger partial charge in [0.1, 0.15) is 28.3 Å². The molecule has 5 N–H and O–H groups in total. The molecule has 40 heavy (non-hydrogen) atoms. The van der Waals surface area contributed by atoms with Crippen LogP contribution in [0, 0.1) is 18.7 Å². The number of fused-ring (bicyclic) bond motifs is 1. The van der Waals surface area contributed by atoms with Gasteiger partial charge in [0.25, 0.3) is 0 Å². The van der Waals surface area contributed by atoms with E-state index in [1.807, 2.05) is 13.0 Å². The van der Waals surface area contributed by atoms with Crippen molar-refractivity contribution >= 4 is 33.3 Å². The molecule has 1 saturated carbocycles. The van der Waals surface area contributed by atoms with E-state index in [0.29, 0.717) is 41.0 Å². The first-order chi connectivity index (χ1) is 19.0. The van der Waals surface area contributed by atoms with Gasteiger partial charge < -0.3 is 30.7 Å². The molecule has 12 heteroatoms. The molecule has 4 aromatic rings. The highest BCUT2D eigenvalue weighted by molar-refractivity contribution is 7.21. The number of anilines is 2. The maximum atomic E-state index is 13.4. The van der Waals surface area contributed by atoms with Gasteiger partial charge in [-0.1, -0.05) is 12.1 Å². The number of methoxy groups -OCH3 is 1. The smallest absolute Gasteiger partial charge is 0.225 e. The van der Waals surface area contributed by atoms with Crippen LogP contribution in [-0.4, -0.2) is 72.8 Å². The summed E-state index contributed by atoms with van der Waals surface area (Å²) in [6.07, 6.45) is 1.13. The van der Waals surface area contributed by atoms with Crippen LogP contribution >= 0.6 is 11.3 Å². The summed E-state index contributed by atoms with van der Waals surface area (Å²) in [4.78, 5) is 18.3. The molecule has 1 fully saturated rings. The molecule has 0 unspecified atom stereocenters. The second kappa shape index (κ2) is 11.3. The minimum absolute atomic E-state index is 0.318. The molecule has 0 spiro atoms.